The number of hydrogen-bond donors (Lipinski definition) is 4. The number of fused-ring (bicyclic) bond motifs is 1. The van der Waals surface area contributed by atoms with E-state index < -0.39 is 12.1 Å². The van der Waals surface area contributed by atoms with E-state index in [9.17, 15) is 19.5 Å². The van der Waals surface area contributed by atoms with Gasteiger partial charge in [-0.05, 0) is 36.8 Å². The van der Waals surface area contributed by atoms with Gasteiger partial charge in [0, 0.05) is 30.1 Å². The highest BCUT2D eigenvalue weighted by molar-refractivity contribution is 6.04. The zero-order chi connectivity index (χ0) is 21.7. The number of aliphatic hydroxyl groups excluding tert-OH is 1. The third-order valence-corrected chi connectivity index (χ3v) is 5.39. The lowest BCUT2D eigenvalue weighted by atomic mass is 10.0. The molecule has 30 heavy (non-hydrogen) atoms. The molecule has 0 aliphatic carbocycles. The van der Waals surface area contributed by atoms with Crippen LogP contribution in [0.5, 0.6) is 0 Å². The van der Waals surface area contributed by atoms with Crippen molar-refractivity contribution in [1.82, 2.24) is 20.5 Å². The molecule has 1 aliphatic heterocycles. The second kappa shape index (κ2) is 9.75. The van der Waals surface area contributed by atoms with Crippen molar-refractivity contribution in [2.45, 2.75) is 51.6 Å². The molecular weight excluding hydrogens is 384 g/mol. The number of aromatic nitrogens is 1. The Morgan fingerprint density at radius 2 is 2.03 bits per heavy atom. The van der Waals surface area contributed by atoms with Crippen LogP contribution in [0.4, 0.5) is 4.79 Å². The molecule has 4 N–H and O–H groups in total. The maximum Gasteiger partial charge on any atom is 0.324 e. The monoisotopic (exact) mass is 414 g/mol. The van der Waals surface area contributed by atoms with Crippen LogP contribution in [0.15, 0.2) is 30.5 Å². The molecule has 1 saturated heterocycles. The number of nitrogens with zero attached hydrogens (tertiary/aromatic N) is 1. The van der Waals surface area contributed by atoms with Crippen molar-refractivity contribution < 1.29 is 19.5 Å². The summed E-state index contributed by atoms with van der Waals surface area (Å²) in [7, 11) is 0. The van der Waals surface area contributed by atoms with E-state index in [1.54, 1.807) is 0 Å². The van der Waals surface area contributed by atoms with Gasteiger partial charge in [-0.15, -0.1) is 0 Å². The minimum Gasteiger partial charge on any atom is -0.394 e. The van der Waals surface area contributed by atoms with Gasteiger partial charge in [-0.1, -0.05) is 32.0 Å². The van der Waals surface area contributed by atoms with Crippen molar-refractivity contribution in [2.75, 3.05) is 13.2 Å². The van der Waals surface area contributed by atoms with Crippen molar-refractivity contribution in [3.63, 3.8) is 0 Å². The zero-order valence-corrected chi connectivity index (χ0v) is 17.5. The lowest BCUT2D eigenvalue weighted by Crippen LogP contribution is -2.39. The molecule has 0 radical (unpaired) electrons. The summed E-state index contributed by atoms with van der Waals surface area (Å²) in [5.41, 5.74) is 2.07. The number of amides is 4. The zero-order valence-electron chi connectivity index (χ0n) is 17.5. The molecule has 2 unspecified atom stereocenters. The van der Waals surface area contributed by atoms with Crippen LogP contribution in [0, 0.1) is 5.92 Å². The highest BCUT2D eigenvalue weighted by atomic mass is 16.3. The van der Waals surface area contributed by atoms with Crippen LogP contribution in [0.2, 0.25) is 0 Å². The molecule has 8 heteroatoms. The fourth-order valence-corrected chi connectivity index (χ4v) is 3.88. The number of imide groups is 1. The van der Waals surface area contributed by atoms with Crippen LogP contribution in [-0.4, -0.2) is 58.1 Å². The van der Waals surface area contributed by atoms with Gasteiger partial charge in [-0.2, -0.15) is 0 Å². The van der Waals surface area contributed by atoms with Gasteiger partial charge in [0.1, 0.15) is 6.04 Å². The molecule has 162 valence electrons. The molecule has 0 bridgehead atoms. The van der Waals surface area contributed by atoms with E-state index in [0.717, 1.165) is 16.5 Å². The van der Waals surface area contributed by atoms with Gasteiger partial charge in [-0.3, -0.25) is 14.5 Å². The molecule has 0 spiro atoms. The van der Waals surface area contributed by atoms with Gasteiger partial charge in [0.2, 0.25) is 5.91 Å². The molecule has 2 atom stereocenters. The maximum atomic E-state index is 12.6. The van der Waals surface area contributed by atoms with Crippen LogP contribution in [0.3, 0.4) is 0 Å². The van der Waals surface area contributed by atoms with Crippen molar-refractivity contribution in [3.8, 4) is 0 Å². The fraction of sp³-hybridized carbons (Fsp3) is 0.500. The topological polar surface area (TPSA) is 115 Å². The van der Waals surface area contributed by atoms with E-state index in [1.165, 1.54) is 4.90 Å². The van der Waals surface area contributed by atoms with E-state index in [4.69, 9.17) is 0 Å². The number of hydrogen-bond acceptors (Lipinski definition) is 4. The SMILES string of the molecule is CC(C)CC(CO)NC(=O)CCC1NC(=O)N(CCc2c[nH]c3ccccc23)C1=O. The van der Waals surface area contributed by atoms with Crippen LogP contribution >= 0.6 is 0 Å². The fourth-order valence-electron chi connectivity index (χ4n) is 3.88. The predicted octanol–water partition coefficient (Wildman–Crippen LogP) is 1.93. The number of urea groups is 1. The van der Waals surface area contributed by atoms with Crippen molar-refractivity contribution in [3.05, 3.63) is 36.0 Å². The van der Waals surface area contributed by atoms with Gasteiger partial charge in [-0.25, -0.2) is 4.79 Å². The third-order valence-electron chi connectivity index (χ3n) is 5.39. The van der Waals surface area contributed by atoms with E-state index in [-0.39, 0.29) is 43.8 Å². The number of aliphatic hydroxyl groups is 1. The number of para-hydroxylation sites is 1. The van der Waals surface area contributed by atoms with Crippen molar-refractivity contribution in [1.29, 1.82) is 0 Å². The number of benzene rings is 1. The minimum absolute atomic E-state index is 0.113. The summed E-state index contributed by atoms with van der Waals surface area (Å²) >= 11 is 0. The highest BCUT2D eigenvalue weighted by Crippen LogP contribution is 2.19. The van der Waals surface area contributed by atoms with Crippen LogP contribution in [0.25, 0.3) is 10.9 Å². The van der Waals surface area contributed by atoms with Gasteiger partial charge >= 0.3 is 6.03 Å². The summed E-state index contributed by atoms with van der Waals surface area (Å²) in [6.45, 7) is 4.21. The third kappa shape index (κ3) is 5.18. The molecule has 2 heterocycles. The normalized spacial score (nSPS) is 17.6. The van der Waals surface area contributed by atoms with Crippen LogP contribution < -0.4 is 10.6 Å². The van der Waals surface area contributed by atoms with Crippen molar-refractivity contribution in [2.24, 2.45) is 5.92 Å². The lowest BCUT2D eigenvalue weighted by molar-refractivity contribution is -0.127. The molecule has 4 amide bonds. The molecule has 0 saturated carbocycles. The number of aromatic amines is 1. The average molecular weight is 415 g/mol. The smallest absolute Gasteiger partial charge is 0.324 e. The Bertz CT molecular complexity index is 907. The first-order valence-electron chi connectivity index (χ1n) is 10.5. The molecule has 3 rings (SSSR count). The second-order valence-electron chi connectivity index (χ2n) is 8.22. The van der Waals surface area contributed by atoms with E-state index in [1.807, 2.05) is 44.3 Å². The van der Waals surface area contributed by atoms with Gasteiger partial charge in [0.25, 0.3) is 5.91 Å². The highest BCUT2D eigenvalue weighted by Gasteiger charge is 2.37. The first-order valence-corrected chi connectivity index (χ1v) is 10.5. The number of nitrogens with one attached hydrogen (secondary N) is 3. The van der Waals surface area contributed by atoms with Gasteiger partial charge in [0.05, 0.1) is 12.6 Å². The molecule has 1 aliphatic rings. The van der Waals surface area contributed by atoms with Crippen LogP contribution in [0.1, 0.15) is 38.7 Å². The summed E-state index contributed by atoms with van der Waals surface area (Å²) in [4.78, 5) is 41.5. The van der Waals surface area contributed by atoms with Gasteiger partial charge in [0.15, 0.2) is 0 Å². The minimum atomic E-state index is -0.691. The largest absolute Gasteiger partial charge is 0.394 e. The van der Waals surface area contributed by atoms with Crippen LogP contribution in [-0.2, 0) is 16.0 Å². The number of carbonyl (C=O) groups is 3. The predicted molar refractivity (Wildman–Crippen MR) is 114 cm³/mol. The molecule has 2 aromatic rings. The van der Waals surface area contributed by atoms with E-state index in [0.29, 0.717) is 18.8 Å². The lowest BCUT2D eigenvalue weighted by Gasteiger charge is -2.18. The average Bonchev–Trinajstić information content (AvgIpc) is 3.24. The standard InChI is InChI=1S/C22H30N4O4/c1-14(2)11-16(13-27)24-20(28)8-7-19-21(29)26(22(30)25-19)10-9-15-12-23-18-6-4-3-5-17(15)18/h3-6,12,14,16,19,23,27H,7-11,13H2,1-2H3,(H,24,28)(H,25,30). The molecule has 1 aromatic carbocycles. The Morgan fingerprint density at radius 1 is 1.27 bits per heavy atom. The summed E-state index contributed by atoms with van der Waals surface area (Å²) in [5, 5.41) is 15.9. The summed E-state index contributed by atoms with van der Waals surface area (Å²) in [6.07, 6.45) is 3.49. The Hall–Kier alpha value is -2.87. The molecular formula is C22H30N4O4. The number of rotatable bonds is 10. The van der Waals surface area contributed by atoms with Crippen molar-refractivity contribution >= 4 is 28.7 Å². The summed E-state index contributed by atoms with van der Waals surface area (Å²) < 4.78 is 0. The quantitative estimate of drug-likeness (QED) is 0.445. The molecule has 1 fully saturated rings. The first-order chi connectivity index (χ1) is 14.4. The Labute approximate surface area is 176 Å². The van der Waals surface area contributed by atoms with E-state index >= 15 is 0 Å². The first kappa shape index (κ1) is 21.8. The Morgan fingerprint density at radius 3 is 2.77 bits per heavy atom. The Balaban J connectivity index is 1.50. The van der Waals surface area contributed by atoms with E-state index in [2.05, 4.69) is 15.6 Å². The molecule has 1 aromatic heterocycles. The second-order valence-corrected chi connectivity index (χ2v) is 8.22. The Kier molecular flexibility index (Phi) is 7.10. The molecule has 8 nitrogen and oxygen atoms in total. The number of H-pyrrole nitrogens is 1. The van der Waals surface area contributed by atoms with Gasteiger partial charge < -0.3 is 20.7 Å². The summed E-state index contributed by atoms with van der Waals surface area (Å²) in [6, 6.07) is 6.49. The number of carbonyl (C=O) groups excluding carboxylic acids is 3. The summed E-state index contributed by atoms with van der Waals surface area (Å²) in [5.74, 6) is -0.175. The maximum absolute atomic E-state index is 12.6.